The predicted molar refractivity (Wildman–Crippen MR) is 206 cm³/mol. The molecule has 2 N–H and O–H groups in total. The summed E-state index contributed by atoms with van der Waals surface area (Å²) in [7, 11) is 1.62. The molecule has 0 radical (unpaired) electrons. The molecule has 0 bridgehead atoms. The van der Waals surface area contributed by atoms with Gasteiger partial charge in [-0.1, -0.05) is 106 Å². The second-order valence-corrected chi connectivity index (χ2v) is 12.8. The van der Waals surface area contributed by atoms with Crippen LogP contribution >= 0.6 is 0 Å². The first kappa shape index (κ1) is 42.4. The first-order chi connectivity index (χ1) is 26.5. The van der Waals surface area contributed by atoms with E-state index in [0.29, 0.717) is 56.7 Å². The molecule has 0 aliphatic carbocycles. The molecule has 1 aromatic heterocycles. The summed E-state index contributed by atoms with van der Waals surface area (Å²) < 4.78 is 35.7. The topological polar surface area (TPSA) is 127 Å². The Hall–Kier alpha value is -4.39. The van der Waals surface area contributed by atoms with Crippen molar-refractivity contribution in [2.75, 3.05) is 66.6 Å². The van der Waals surface area contributed by atoms with Crippen molar-refractivity contribution in [3.63, 3.8) is 0 Å². The van der Waals surface area contributed by atoms with E-state index in [2.05, 4.69) is 6.92 Å². The minimum absolute atomic E-state index is 0.207. The number of unbranched alkanes of at least 4 members (excludes halogenated alkanes) is 7. The zero-order valence-electron chi connectivity index (χ0n) is 31.8. The minimum atomic E-state index is -1.08. The van der Waals surface area contributed by atoms with Crippen LogP contribution in [-0.2, 0) is 29.3 Å². The molecule has 294 valence electrons. The van der Waals surface area contributed by atoms with Crippen molar-refractivity contribution in [2.45, 2.75) is 63.9 Å². The molecular formula is C43H57NO10. The van der Waals surface area contributed by atoms with Gasteiger partial charge in [0.2, 0.25) is 11.8 Å². The summed E-state index contributed by atoms with van der Waals surface area (Å²) in [6, 6.07) is 26.7. The van der Waals surface area contributed by atoms with E-state index in [0.717, 1.165) is 29.7 Å². The molecule has 1 unspecified atom stereocenters. The molecular weight excluding hydrogens is 690 g/mol. The molecule has 1 atom stereocenters. The second kappa shape index (κ2) is 24.1. The molecule has 11 heteroatoms. The van der Waals surface area contributed by atoms with Crippen LogP contribution < -0.4 is 9.57 Å². The van der Waals surface area contributed by atoms with Gasteiger partial charge in [-0.25, -0.2) is 4.79 Å². The van der Waals surface area contributed by atoms with Gasteiger partial charge in [-0.05, 0) is 47.4 Å². The number of carbonyl (C=O) groups excluding carboxylic acids is 1. The Balaban J connectivity index is 1.25. The zero-order valence-corrected chi connectivity index (χ0v) is 31.8. The number of rotatable bonds is 28. The van der Waals surface area contributed by atoms with E-state index in [1.807, 2.05) is 54.6 Å². The second-order valence-electron chi connectivity index (χ2n) is 12.8. The summed E-state index contributed by atoms with van der Waals surface area (Å²) in [6.07, 6.45) is 10.3. The average molecular weight is 748 g/mol. The number of methoxy groups -OCH3 is 1. The highest BCUT2D eigenvalue weighted by Gasteiger charge is 2.38. The summed E-state index contributed by atoms with van der Waals surface area (Å²) in [5.74, 6) is -0.875. The Labute approximate surface area is 319 Å². The van der Waals surface area contributed by atoms with E-state index in [1.165, 1.54) is 57.1 Å². The van der Waals surface area contributed by atoms with Crippen molar-refractivity contribution < 1.29 is 48.3 Å². The van der Waals surface area contributed by atoms with Crippen molar-refractivity contribution >= 4 is 5.97 Å². The number of hydrogen-bond acceptors (Lipinski definition) is 10. The minimum Gasteiger partial charge on any atom is -0.497 e. The van der Waals surface area contributed by atoms with E-state index in [-0.39, 0.29) is 12.2 Å². The normalized spacial score (nSPS) is 12.4. The lowest BCUT2D eigenvalue weighted by Crippen LogP contribution is -2.34. The summed E-state index contributed by atoms with van der Waals surface area (Å²) in [6.45, 7) is 6.56. The Kier molecular flexibility index (Phi) is 18.9. The quantitative estimate of drug-likeness (QED) is 0.0441. The molecule has 11 nitrogen and oxygen atoms in total. The lowest BCUT2D eigenvalue weighted by molar-refractivity contribution is -0.0384. The largest absolute Gasteiger partial charge is 0.497 e. The summed E-state index contributed by atoms with van der Waals surface area (Å²) in [5.41, 5.74) is 1.59. The third-order valence-electron chi connectivity index (χ3n) is 8.98. The highest BCUT2D eigenvalue weighted by molar-refractivity contribution is 5.89. The summed E-state index contributed by atoms with van der Waals surface area (Å²) >= 11 is 0. The van der Waals surface area contributed by atoms with Gasteiger partial charge in [0.1, 0.15) is 11.4 Å². The van der Waals surface area contributed by atoms with Crippen LogP contribution in [0.3, 0.4) is 0 Å². The van der Waals surface area contributed by atoms with E-state index >= 15 is 0 Å². The monoisotopic (exact) mass is 747 g/mol. The molecule has 0 saturated heterocycles. The maximum atomic E-state index is 12.9. The van der Waals surface area contributed by atoms with Crippen molar-refractivity contribution in [2.24, 2.45) is 0 Å². The van der Waals surface area contributed by atoms with Gasteiger partial charge in [0.25, 0.3) is 0 Å². The van der Waals surface area contributed by atoms with E-state index in [4.69, 9.17) is 33.3 Å². The van der Waals surface area contributed by atoms with Gasteiger partial charge >= 0.3 is 5.97 Å². The Bertz CT molecular complexity index is 1570. The van der Waals surface area contributed by atoms with Gasteiger partial charge in [-0.3, -0.25) is 0 Å². The van der Waals surface area contributed by atoms with Crippen LogP contribution in [0.5, 0.6) is 17.5 Å². The molecule has 0 amide bonds. The number of carbonyl (C=O) groups is 1. The van der Waals surface area contributed by atoms with Crippen LogP contribution in [0.15, 0.2) is 91.0 Å². The maximum Gasteiger partial charge on any atom is 0.363 e. The number of hydrogen-bond donors (Lipinski definition) is 2. The van der Waals surface area contributed by atoms with Crippen LogP contribution in [0, 0.1) is 0 Å². The summed E-state index contributed by atoms with van der Waals surface area (Å²) in [4.78, 5) is 18.1. The van der Waals surface area contributed by atoms with Crippen molar-refractivity contribution in [1.82, 2.24) is 4.73 Å². The highest BCUT2D eigenvalue weighted by atomic mass is 16.7. The SMILES string of the molecule is CCCCCCCCCCOCCOCCOCCOCCOC(c1ccccc1)(c1ccc(OC)cc1)c1ccc(C(=O)On2c(O)ccc2O)cc1. The zero-order chi connectivity index (χ0) is 38.3. The Morgan fingerprint density at radius 2 is 1.02 bits per heavy atom. The molecule has 0 aliphatic heterocycles. The van der Waals surface area contributed by atoms with E-state index < -0.39 is 23.3 Å². The Morgan fingerprint density at radius 3 is 1.56 bits per heavy atom. The number of aromatic nitrogens is 1. The fraction of sp³-hybridized carbons (Fsp3) is 0.465. The summed E-state index contributed by atoms with van der Waals surface area (Å²) in [5, 5.41) is 19.8. The molecule has 1 heterocycles. The van der Waals surface area contributed by atoms with Gasteiger partial charge in [0.15, 0.2) is 0 Å². The third kappa shape index (κ3) is 13.2. The molecule has 4 aromatic rings. The van der Waals surface area contributed by atoms with Crippen LogP contribution in [-0.4, -0.2) is 87.5 Å². The lowest BCUT2D eigenvalue weighted by atomic mass is 9.79. The smallest absolute Gasteiger partial charge is 0.363 e. The highest BCUT2D eigenvalue weighted by Crippen LogP contribution is 2.41. The van der Waals surface area contributed by atoms with Crippen molar-refractivity contribution in [3.8, 4) is 17.5 Å². The maximum absolute atomic E-state index is 12.9. The van der Waals surface area contributed by atoms with Gasteiger partial charge in [-0.2, -0.15) is 0 Å². The van der Waals surface area contributed by atoms with Gasteiger partial charge in [-0.15, -0.1) is 4.73 Å². The van der Waals surface area contributed by atoms with Gasteiger partial charge in [0, 0.05) is 18.7 Å². The number of nitrogens with zero attached hydrogens (tertiary/aromatic N) is 1. The van der Waals surface area contributed by atoms with Crippen molar-refractivity contribution in [3.05, 3.63) is 113 Å². The average Bonchev–Trinajstić information content (AvgIpc) is 3.52. The number of ether oxygens (including phenoxy) is 6. The van der Waals surface area contributed by atoms with E-state index in [9.17, 15) is 15.0 Å². The molecule has 0 aliphatic rings. The van der Waals surface area contributed by atoms with E-state index in [1.54, 1.807) is 31.4 Å². The molecule has 4 rings (SSSR count). The van der Waals surface area contributed by atoms with Crippen LogP contribution in [0.2, 0.25) is 0 Å². The predicted octanol–water partition coefficient (Wildman–Crippen LogP) is 7.69. The fourth-order valence-electron chi connectivity index (χ4n) is 6.07. The number of aromatic hydroxyl groups is 2. The Morgan fingerprint density at radius 1 is 0.556 bits per heavy atom. The molecule has 0 fully saturated rings. The first-order valence-corrected chi connectivity index (χ1v) is 19.1. The van der Waals surface area contributed by atoms with Gasteiger partial charge in [0.05, 0.1) is 65.5 Å². The molecule has 54 heavy (non-hydrogen) atoms. The molecule has 0 saturated carbocycles. The standard InChI is InChI=1S/C43H57NO10/c1-3-4-5-6-7-8-9-13-26-49-27-28-50-29-30-51-31-32-52-33-34-53-43(36-14-11-10-12-15-36,38-20-22-39(48-2)23-21-38)37-18-16-35(17-19-37)42(47)54-44-40(45)24-25-41(44)46/h10-12,14-25,45-46H,3-9,13,26-34H2,1-2H3. The molecule has 0 spiro atoms. The molecule has 3 aromatic carbocycles. The fourth-order valence-corrected chi connectivity index (χ4v) is 6.07. The van der Waals surface area contributed by atoms with Crippen LogP contribution in [0.4, 0.5) is 0 Å². The third-order valence-corrected chi connectivity index (χ3v) is 8.98. The van der Waals surface area contributed by atoms with Crippen molar-refractivity contribution in [1.29, 1.82) is 0 Å². The van der Waals surface area contributed by atoms with Gasteiger partial charge < -0.3 is 43.5 Å². The first-order valence-electron chi connectivity index (χ1n) is 19.1. The van der Waals surface area contributed by atoms with Crippen LogP contribution in [0.1, 0.15) is 85.3 Å². The number of benzene rings is 3. The van der Waals surface area contributed by atoms with Crippen LogP contribution in [0.25, 0.3) is 0 Å². The lowest BCUT2D eigenvalue weighted by Gasteiger charge is -2.36.